The monoisotopic (exact) mass is 289 g/mol. The lowest BCUT2D eigenvalue weighted by Crippen LogP contribution is -2.22. The summed E-state index contributed by atoms with van der Waals surface area (Å²) in [5.41, 5.74) is 2.21. The number of nitrogens with one attached hydrogen (secondary N) is 1. The van der Waals surface area contributed by atoms with E-state index >= 15 is 0 Å². The molecule has 0 fully saturated rings. The minimum Gasteiger partial charge on any atom is -0.304 e. The van der Waals surface area contributed by atoms with Gasteiger partial charge in [-0.2, -0.15) is 0 Å². The second-order valence-electron chi connectivity index (χ2n) is 4.94. The summed E-state index contributed by atoms with van der Waals surface area (Å²) in [4.78, 5) is 1.26. The van der Waals surface area contributed by atoms with Crippen molar-refractivity contribution in [2.75, 3.05) is 6.26 Å². The van der Waals surface area contributed by atoms with Crippen LogP contribution in [0.5, 0.6) is 0 Å². The van der Waals surface area contributed by atoms with Gasteiger partial charge in [0.2, 0.25) is 0 Å². The van der Waals surface area contributed by atoms with Crippen LogP contribution in [0.4, 0.5) is 4.39 Å². The van der Waals surface area contributed by atoms with E-state index < -0.39 is 0 Å². The van der Waals surface area contributed by atoms with Gasteiger partial charge in [-0.3, -0.25) is 0 Å². The van der Waals surface area contributed by atoms with E-state index in [0.29, 0.717) is 0 Å². The molecule has 2 aromatic carbocycles. The summed E-state index contributed by atoms with van der Waals surface area (Å²) in [5.74, 6) is -0.187. The molecule has 0 aliphatic rings. The molecule has 0 aromatic heterocycles. The molecule has 3 heteroatoms. The first-order valence-electron chi connectivity index (χ1n) is 6.75. The summed E-state index contributed by atoms with van der Waals surface area (Å²) >= 11 is 1.74. The number of thioether (sulfide) groups is 1. The van der Waals surface area contributed by atoms with Gasteiger partial charge in [0, 0.05) is 17.0 Å². The van der Waals surface area contributed by atoms with Crippen LogP contribution in [0, 0.1) is 5.82 Å². The van der Waals surface area contributed by atoms with Crippen LogP contribution >= 0.6 is 11.8 Å². The number of hydrogen-bond donors (Lipinski definition) is 1. The fourth-order valence-corrected chi connectivity index (χ4v) is 2.64. The molecule has 0 saturated heterocycles. The van der Waals surface area contributed by atoms with Gasteiger partial charge in [0.15, 0.2) is 0 Å². The quantitative estimate of drug-likeness (QED) is 0.781. The molecule has 0 aliphatic carbocycles. The Balaban J connectivity index is 2.04. The highest BCUT2D eigenvalue weighted by Crippen LogP contribution is 2.22. The van der Waals surface area contributed by atoms with Gasteiger partial charge in [-0.05, 0) is 55.5 Å². The van der Waals surface area contributed by atoms with E-state index in [1.54, 1.807) is 23.9 Å². The smallest absolute Gasteiger partial charge is 0.123 e. The minimum atomic E-state index is -0.187. The fraction of sp³-hybridized carbons (Fsp3) is 0.294. The molecule has 1 unspecified atom stereocenters. The molecule has 0 radical (unpaired) electrons. The predicted molar refractivity (Wildman–Crippen MR) is 84.6 cm³/mol. The van der Waals surface area contributed by atoms with E-state index in [1.165, 1.54) is 16.5 Å². The molecule has 20 heavy (non-hydrogen) atoms. The lowest BCUT2D eigenvalue weighted by atomic mass is 10.0. The van der Waals surface area contributed by atoms with Gasteiger partial charge in [-0.1, -0.05) is 24.3 Å². The van der Waals surface area contributed by atoms with E-state index in [2.05, 4.69) is 49.7 Å². The first-order chi connectivity index (χ1) is 9.60. The Morgan fingerprint density at radius 3 is 2.20 bits per heavy atom. The Hall–Kier alpha value is -1.32. The maximum atomic E-state index is 13.2. The topological polar surface area (TPSA) is 12.0 Å². The highest BCUT2D eigenvalue weighted by atomic mass is 32.2. The van der Waals surface area contributed by atoms with Crippen LogP contribution in [-0.2, 0) is 0 Å². The molecule has 1 N–H and O–H groups in total. The van der Waals surface area contributed by atoms with Crippen molar-refractivity contribution in [2.45, 2.75) is 30.8 Å². The van der Waals surface area contributed by atoms with Crippen LogP contribution < -0.4 is 5.32 Å². The van der Waals surface area contributed by atoms with Crippen molar-refractivity contribution in [3.05, 3.63) is 65.5 Å². The van der Waals surface area contributed by atoms with Gasteiger partial charge < -0.3 is 5.32 Å². The second kappa shape index (κ2) is 6.91. The van der Waals surface area contributed by atoms with E-state index in [-0.39, 0.29) is 17.9 Å². The van der Waals surface area contributed by atoms with Crippen molar-refractivity contribution in [2.24, 2.45) is 0 Å². The van der Waals surface area contributed by atoms with Gasteiger partial charge in [0.05, 0.1) is 0 Å². The Morgan fingerprint density at radius 1 is 0.950 bits per heavy atom. The van der Waals surface area contributed by atoms with Crippen LogP contribution in [-0.4, -0.2) is 6.26 Å². The second-order valence-corrected chi connectivity index (χ2v) is 5.82. The first kappa shape index (κ1) is 15.1. The summed E-state index contributed by atoms with van der Waals surface area (Å²) in [6.45, 7) is 4.19. The average molecular weight is 289 g/mol. The third-order valence-corrected chi connectivity index (χ3v) is 4.21. The average Bonchev–Trinajstić information content (AvgIpc) is 2.47. The summed E-state index contributed by atoms with van der Waals surface area (Å²) in [5, 5.41) is 3.50. The lowest BCUT2D eigenvalue weighted by molar-refractivity contribution is 0.492. The van der Waals surface area contributed by atoms with Crippen molar-refractivity contribution in [1.29, 1.82) is 0 Å². The molecule has 2 rings (SSSR count). The molecule has 2 aromatic rings. The third-order valence-electron chi connectivity index (χ3n) is 3.46. The standard InChI is InChI=1S/C17H20FNS/c1-12(14-7-9-17(20-3)10-8-14)19-13(2)15-5-4-6-16(18)11-15/h4-13,19H,1-3H3/t12?,13-/m1/s1. The lowest BCUT2D eigenvalue weighted by Gasteiger charge is -2.21. The molecular formula is C17H20FNS. The van der Waals surface area contributed by atoms with Crippen molar-refractivity contribution in [3.8, 4) is 0 Å². The van der Waals surface area contributed by atoms with Gasteiger partial charge in [-0.25, -0.2) is 4.39 Å². The zero-order valence-corrected chi connectivity index (χ0v) is 12.9. The maximum Gasteiger partial charge on any atom is 0.123 e. The normalized spacial score (nSPS) is 14.0. The van der Waals surface area contributed by atoms with Crippen LogP contribution in [0.25, 0.3) is 0 Å². The van der Waals surface area contributed by atoms with Gasteiger partial charge in [0.1, 0.15) is 5.82 Å². The number of benzene rings is 2. The Kier molecular flexibility index (Phi) is 5.21. The SMILES string of the molecule is CSc1ccc(C(C)N[C@H](C)c2cccc(F)c2)cc1. The first-order valence-corrected chi connectivity index (χ1v) is 7.98. The number of rotatable bonds is 5. The molecule has 0 heterocycles. The van der Waals surface area contributed by atoms with Crippen molar-refractivity contribution < 1.29 is 4.39 Å². The maximum absolute atomic E-state index is 13.2. The Bertz CT molecular complexity index is 553. The van der Waals surface area contributed by atoms with Crippen LogP contribution in [0.15, 0.2) is 53.4 Å². The molecule has 2 atom stereocenters. The molecule has 0 saturated carbocycles. The molecule has 106 valence electrons. The molecule has 0 bridgehead atoms. The highest BCUT2D eigenvalue weighted by molar-refractivity contribution is 7.98. The van der Waals surface area contributed by atoms with E-state index in [0.717, 1.165) is 5.56 Å². The van der Waals surface area contributed by atoms with E-state index in [1.807, 2.05) is 6.07 Å². The minimum absolute atomic E-state index is 0.112. The van der Waals surface area contributed by atoms with Crippen molar-refractivity contribution in [3.63, 3.8) is 0 Å². The fourth-order valence-electron chi connectivity index (χ4n) is 2.24. The van der Waals surface area contributed by atoms with Crippen molar-refractivity contribution in [1.82, 2.24) is 5.32 Å². The summed E-state index contributed by atoms with van der Waals surface area (Å²) < 4.78 is 13.2. The number of halogens is 1. The third kappa shape index (κ3) is 3.84. The van der Waals surface area contributed by atoms with Crippen LogP contribution in [0.2, 0.25) is 0 Å². The zero-order valence-electron chi connectivity index (χ0n) is 12.1. The molecule has 0 aliphatic heterocycles. The largest absolute Gasteiger partial charge is 0.304 e. The van der Waals surface area contributed by atoms with Gasteiger partial charge in [-0.15, -0.1) is 11.8 Å². The predicted octanol–water partition coefficient (Wildman–Crippen LogP) is 4.96. The van der Waals surface area contributed by atoms with Crippen LogP contribution in [0.1, 0.15) is 37.1 Å². The Labute approximate surface area is 124 Å². The molecule has 0 spiro atoms. The van der Waals surface area contributed by atoms with Gasteiger partial charge in [0.25, 0.3) is 0 Å². The summed E-state index contributed by atoms with van der Waals surface area (Å²) in [6.07, 6.45) is 2.07. The van der Waals surface area contributed by atoms with Crippen molar-refractivity contribution >= 4 is 11.8 Å². The molecular weight excluding hydrogens is 269 g/mol. The molecule has 0 amide bonds. The van der Waals surface area contributed by atoms with Crippen LogP contribution in [0.3, 0.4) is 0 Å². The van der Waals surface area contributed by atoms with E-state index in [9.17, 15) is 4.39 Å². The summed E-state index contributed by atoms with van der Waals surface area (Å²) in [7, 11) is 0. The molecule has 1 nitrogen and oxygen atoms in total. The van der Waals surface area contributed by atoms with E-state index in [4.69, 9.17) is 0 Å². The number of hydrogen-bond acceptors (Lipinski definition) is 2. The summed E-state index contributed by atoms with van der Waals surface area (Å²) in [6, 6.07) is 15.6. The highest BCUT2D eigenvalue weighted by Gasteiger charge is 2.11. The van der Waals surface area contributed by atoms with Gasteiger partial charge >= 0.3 is 0 Å². The zero-order chi connectivity index (χ0) is 14.5. The Morgan fingerprint density at radius 2 is 1.60 bits per heavy atom.